The molecule has 0 unspecified atom stereocenters. The molecule has 0 saturated carbocycles. The number of nitrogens with one attached hydrogen (secondary N) is 1. The van der Waals surface area contributed by atoms with Crippen molar-refractivity contribution in [1.29, 1.82) is 0 Å². The molecule has 0 bridgehead atoms. The monoisotopic (exact) mass is 481 g/mol. The summed E-state index contributed by atoms with van der Waals surface area (Å²) in [7, 11) is 0. The van der Waals surface area contributed by atoms with Crippen molar-refractivity contribution in [1.82, 2.24) is 4.90 Å². The molecular formula is C26H25Cl2N3O2. The first-order valence-electron chi connectivity index (χ1n) is 11.2. The fraction of sp³-hybridized carbons (Fsp3) is 0.269. The van der Waals surface area contributed by atoms with Crippen molar-refractivity contribution in [3.05, 3.63) is 81.8 Å². The van der Waals surface area contributed by atoms with Crippen molar-refractivity contribution in [2.75, 3.05) is 36.4 Å². The molecule has 33 heavy (non-hydrogen) atoms. The maximum atomic E-state index is 11.7. The zero-order chi connectivity index (χ0) is 22.8. The van der Waals surface area contributed by atoms with Gasteiger partial charge >= 0.3 is 0 Å². The first kappa shape index (κ1) is 22.1. The van der Waals surface area contributed by atoms with Gasteiger partial charge in [-0.3, -0.25) is 9.69 Å². The van der Waals surface area contributed by atoms with Crippen LogP contribution in [0.2, 0.25) is 10.0 Å². The lowest BCUT2D eigenvalue weighted by molar-refractivity contribution is -0.116. The Morgan fingerprint density at radius 2 is 1.67 bits per heavy atom. The van der Waals surface area contributed by atoms with E-state index in [0.29, 0.717) is 16.5 Å². The summed E-state index contributed by atoms with van der Waals surface area (Å²) in [5, 5.41) is 4.14. The summed E-state index contributed by atoms with van der Waals surface area (Å²) in [4.78, 5) is 16.4. The van der Waals surface area contributed by atoms with Gasteiger partial charge in [-0.15, -0.1) is 0 Å². The number of hydrogen-bond acceptors (Lipinski definition) is 4. The number of rotatable bonds is 5. The quantitative estimate of drug-likeness (QED) is 0.485. The van der Waals surface area contributed by atoms with Crippen LogP contribution >= 0.6 is 23.2 Å². The van der Waals surface area contributed by atoms with Crippen LogP contribution in [0.1, 0.15) is 17.5 Å². The molecule has 0 atom stereocenters. The Morgan fingerprint density at radius 1 is 0.879 bits per heavy atom. The fourth-order valence-corrected chi connectivity index (χ4v) is 4.81. The molecule has 7 heteroatoms. The highest BCUT2D eigenvalue weighted by atomic mass is 35.5. The molecule has 1 amide bonds. The minimum atomic E-state index is 0.0550. The molecule has 2 heterocycles. The van der Waals surface area contributed by atoms with Crippen molar-refractivity contribution >= 4 is 40.5 Å². The zero-order valence-corrected chi connectivity index (χ0v) is 19.7. The Bertz CT molecular complexity index is 1180. The van der Waals surface area contributed by atoms with Gasteiger partial charge in [0.25, 0.3) is 0 Å². The summed E-state index contributed by atoms with van der Waals surface area (Å²) in [6, 6.07) is 19.9. The standard InChI is InChI=1S/C26H25Cl2N3O2/c27-22-5-2-6-24(26(22)28)31-13-11-30(12-14-31)17-18-3-1-4-20(15-18)33-21-9-7-19-8-10-25(32)29-23(19)16-21/h1-7,9,15-16H,8,10-14,17H2,(H,29,32). The zero-order valence-electron chi connectivity index (χ0n) is 18.2. The van der Waals surface area contributed by atoms with Crippen molar-refractivity contribution < 1.29 is 9.53 Å². The van der Waals surface area contributed by atoms with Crippen molar-refractivity contribution in [3.8, 4) is 11.5 Å². The highest BCUT2D eigenvalue weighted by Crippen LogP contribution is 2.33. The van der Waals surface area contributed by atoms with Crippen LogP contribution in [0.15, 0.2) is 60.7 Å². The number of carbonyl (C=O) groups excluding carboxylic acids is 1. The summed E-state index contributed by atoms with van der Waals surface area (Å²) < 4.78 is 6.10. The van der Waals surface area contributed by atoms with Crippen LogP contribution in [0.3, 0.4) is 0 Å². The highest BCUT2D eigenvalue weighted by molar-refractivity contribution is 6.43. The number of halogens is 2. The molecule has 1 saturated heterocycles. The van der Waals surface area contributed by atoms with Crippen LogP contribution in [0.5, 0.6) is 11.5 Å². The van der Waals surface area contributed by atoms with E-state index in [1.165, 1.54) is 5.56 Å². The van der Waals surface area contributed by atoms with Gasteiger partial charge in [0.2, 0.25) is 5.91 Å². The summed E-state index contributed by atoms with van der Waals surface area (Å²) in [5.41, 5.74) is 4.19. The molecule has 0 aromatic heterocycles. The van der Waals surface area contributed by atoms with E-state index in [-0.39, 0.29) is 5.91 Å². The Morgan fingerprint density at radius 3 is 2.52 bits per heavy atom. The molecule has 1 N–H and O–H groups in total. The lowest BCUT2D eigenvalue weighted by Crippen LogP contribution is -2.46. The molecule has 0 radical (unpaired) electrons. The van der Waals surface area contributed by atoms with Gasteiger partial charge in [-0.1, -0.05) is 47.5 Å². The van der Waals surface area contributed by atoms with Crippen LogP contribution in [0.25, 0.3) is 0 Å². The lowest BCUT2D eigenvalue weighted by Gasteiger charge is -2.36. The SMILES string of the molecule is O=C1CCc2ccc(Oc3cccc(CN4CCN(c5cccc(Cl)c5Cl)CC4)c3)cc2N1. The number of carbonyl (C=O) groups is 1. The number of nitrogens with zero attached hydrogens (tertiary/aromatic N) is 2. The van der Waals surface area contributed by atoms with E-state index in [4.69, 9.17) is 27.9 Å². The topological polar surface area (TPSA) is 44.8 Å². The van der Waals surface area contributed by atoms with Gasteiger partial charge in [-0.25, -0.2) is 0 Å². The maximum Gasteiger partial charge on any atom is 0.224 e. The largest absolute Gasteiger partial charge is 0.457 e. The third kappa shape index (κ3) is 5.11. The molecule has 2 aliphatic heterocycles. The Labute approximate surface area is 203 Å². The summed E-state index contributed by atoms with van der Waals surface area (Å²) in [5.74, 6) is 1.57. The number of piperazine rings is 1. The summed E-state index contributed by atoms with van der Waals surface area (Å²) >= 11 is 12.6. The first-order chi connectivity index (χ1) is 16.0. The number of amides is 1. The lowest BCUT2D eigenvalue weighted by atomic mass is 10.0. The van der Waals surface area contributed by atoms with Crippen LogP contribution in [0, 0.1) is 0 Å². The minimum absolute atomic E-state index is 0.0550. The normalized spacial score (nSPS) is 16.3. The molecule has 1 fully saturated rings. The van der Waals surface area contributed by atoms with E-state index in [1.807, 2.05) is 48.5 Å². The van der Waals surface area contributed by atoms with Gasteiger partial charge in [0, 0.05) is 50.9 Å². The predicted octanol–water partition coefficient (Wildman–Crippen LogP) is 5.99. The first-order valence-corrected chi connectivity index (χ1v) is 11.9. The molecule has 5 nitrogen and oxygen atoms in total. The van der Waals surface area contributed by atoms with Gasteiger partial charge in [0.05, 0.1) is 15.7 Å². The van der Waals surface area contributed by atoms with Crippen molar-refractivity contribution in [3.63, 3.8) is 0 Å². The smallest absolute Gasteiger partial charge is 0.224 e. The van der Waals surface area contributed by atoms with Crippen molar-refractivity contribution in [2.45, 2.75) is 19.4 Å². The molecule has 2 aliphatic rings. The van der Waals surface area contributed by atoms with Gasteiger partial charge in [0.1, 0.15) is 11.5 Å². The molecular weight excluding hydrogens is 457 g/mol. The molecule has 170 valence electrons. The van der Waals surface area contributed by atoms with Crippen LogP contribution < -0.4 is 15.0 Å². The van der Waals surface area contributed by atoms with Gasteiger partial charge < -0.3 is 15.0 Å². The number of aryl methyl sites for hydroxylation is 1. The number of benzene rings is 3. The van der Waals surface area contributed by atoms with E-state index in [0.717, 1.165) is 67.6 Å². The molecule has 3 aromatic carbocycles. The molecule has 0 spiro atoms. The maximum absolute atomic E-state index is 11.7. The number of ether oxygens (including phenoxy) is 1. The summed E-state index contributed by atoms with van der Waals surface area (Å²) in [6.07, 6.45) is 1.31. The van der Waals surface area contributed by atoms with E-state index in [2.05, 4.69) is 27.2 Å². The Balaban J connectivity index is 1.20. The van der Waals surface area contributed by atoms with E-state index in [9.17, 15) is 4.79 Å². The third-order valence-electron chi connectivity index (χ3n) is 6.16. The highest BCUT2D eigenvalue weighted by Gasteiger charge is 2.20. The van der Waals surface area contributed by atoms with Crippen LogP contribution in [-0.4, -0.2) is 37.0 Å². The minimum Gasteiger partial charge on any atom is -0.457 e. The predicted molar refractivity (Wildman–Crippen MR) is 134 cm³/mol. The second-order valence-corrected chi connectivity index (χ2v) is 9.24. The Kier molecular flexibility index (Phi) is 6.45. The second kappa shape index (κ2) is 9.64. The van der Waals surface area contributed by atoms with Crippen molar-refractivity contribution in [2.24, 2.45) is 0 Å². The van der Waals surface area contributed by atoms with E-state index in [1.54, 1.807) is 0 Å². The molecule has 0 aliphatic carbocycles. The number of hydrogen-bond donors (Lipinski definition) is 1. The van der Waals surface area contributed by atoms with E-state index >= 15 is 0 Å². The average Bonchev–Trinajstić information content (AvgIpc) is 2.81. The number of fused-ring (bicyclic) bond motifs is 1. The number of anilines is 2. The summed E-state index contributed by atoms with van der Waals surface area (Å²) in [6.45, 7) is 4.54. The van der Waals surface area contributed by atoms with Crippen LogP contribution in [-0.2, 0) is 17.8 Å². The third-order valence-corrected chi connectivity index (χ3v) is 6.97. The van der Waals surface area contributed by atoms with Gasteiger partial charge in [0.15, 0.2) is 0 Å². The van der Waals surface area contributed by atoms with E-state index < -0.39 is 0 Å². The fourth-order valence-electron chi connectivity index (χ4n) is 4.40. The second-order valence-electron chi connectivity index (χ2n) is 8.45. The molecule has 5 rings (SSSR count). The van der Waals surface area contributed by atoms with Crippen LogP contribution in [0.4, 0.5) is 11.4 Å². The molecule has 3 aromatic rings. The average molecular weight is 482 g/mol. The van der Waals surface area contributed by atoms with Gasteiger partial charge in [-0.2, -0.15) is 0 Å². The Hall–Kier alpha value is -2.73. The van der Waals surface area contributed by atoms with Gasteiger partial charge in [-0.05, 0) is 47.9 Å².